The second kappa shape index (κ2) is 19.7. The zero-order valence-corrected chi connectivity index (χ0v) is 17.2. The second-order valence-electron chi connectivity index (χ2n) is 6.45. The van der Waals surface area contributed by atoms with Gasteiger partial charge in [-0.3, -0.25) is 15.3 Å². The summed E-state index contributed by atoms with van der Waals surface area (Å²) < 4.78 is 15.6. The summed E-state index contributed by atoms with van der Waals surface area (Å²) >= 11 is 0. The Morgan fingerprint density at radius 1 is 0.962 bits per heavy atom. The van der Waals surface area contributed by atoms with E-state index in [9.17, 15) is 4.57 Å². The van der Waals surface area contributed by atoms with Gasteiger partial charge < -0.3 is 20.2 Å². The summed E-state index contributed by atoms with van der Waals surface area (Å²) in [5, 5.41) is 27.2. The van der Waals surface area contributed by atoms with Crippen LogP contribution in [0.15, 0.2) is 0 Å². The van der Waals surface area contributed by atoms with Gasteiger partial charge in [-0.05, 0) is 12.3 Å². The molecule has 160 valence electrons. The fourth-order valence-corrected chi connectivity index (χ4v) is 2.62. The highest BCUT2D eigenvalue weighted by atomic mass is 31.2. The predicted molar refractivity (Wildman–Crippen MR) is 103 cm³/mol. The van der Waals surface area contributed by atoms with Gasteiger partial charge in [-0.1, -0.05) is 46.0 Å². The summed E-state index contributed by atoms with van der Waals surface area (Å²) in [6.45, 7) is 6.49. The molecule has 10 heteroatoms. The third kappa shape index (κ3) is 22.0. The zero-order chi connectivity index (χ0) is 20.3. The average Bonchev–Trinajstić information content (AvgIpc) is 2.58. The Morgan fingerprint density at radius 2 is 1.42 bits per heavy atom. The lowest BCUT2D eigenvalue weighted by Crippen LogP contribution is -2.32. The van der Waals surface area contributed by atoms with Crippen molar-refractivity contribution in [2.75, 3.05) is 46.1 Å². The Hall–Kier alpha value is -0.0900. The van der Waals surface area contributed by atoms with Crippen LogP contribution in [-0.4, -0.2) is 71.2 Å². The molecular weight excluding hydrogens is 361 g/mol. The van der Waals surface area contributed by atoms with E-state index in [4.69, 9.17) is 30.6 Å². The van der Waals surface area contributed by atoms with Gasteiger partial charge in [0.2, 0.25) is 0 Å². The SMILES string of the molecule is CC(C)CCCCCCCOP(=O)(O)NN.OCCN(CCO)CCO. The molecule has 0 aromatic rings. The Bertz CT molecular complexity index is 323. The van der Waals surface area contributed by atoms with Crippen LogP contribution in [0.4, 0.5) is 0 Å². The van der Waals surface area contributed by atoms with Crippen LogP contribution in [0.25, 0.3) is 0 Å². The largest absolute Gasteiger partial charge is 0.416 e. The van der Waals surface area contributed by atoms with Crippen LogP contribution in [0, 0.1) is 5.92 Å². The number of nitrogens with zero attached hydrogens (tertiary/aromatic N) is 1. The number of nitrogens with two attached hydrogens (primary N) is 1. The van der Waals surface area contributed by atoms with E-state index in [1.807, 2.05) is 0 Å². The van der Waals surface area contributed by atoms with Gasteiger partial charge >= 0.3 is 7.75 Å². The van der Waals surface area contributed by atoms with Crippen molar-refractivity contribution in [2.45, 2.75) is 52.4 Å². The molecule has 0 amide bonds. The number of unbranched alkanes of at least 4 members (excludes halogenated alkanes) is 4. The standard InChI is InChI=1S/C10H25N2O3P.C6H15NO3/c1-10(2)8-6-4-3-5-7-9-15-16(13,14)12-11;8-4-1-7(2-5-9)3-6-10/h10H,3-9,11H2,1-2H3,(H2,12,13,14);8-10H,1-6H2. The predicted octanol–water partition coefficient (Wildman–Crippen LogP) is 0.829. The molecule has 0 saturated carbocycles. The summed E-state index contributed by atoms with van der Waals surface area (Å²) in [5.41, 5.74) is 0. The molecule has 0 aliphatic rings. The molecule has 0 fully saturated rings. The molecule has 0 spiro atoms. The molecule has 0 aromatic carbocycles. The maximum absolute atomic E-state index is 10.9. The fourth-order valence-electron chi connectivity index (χ4n) is 2.17. The van der Waals surface area contributed by atoms with Crippen LogP contribution in [0.1, 0.15) is 52.4 Å². The van der Waals surface area contributed by atoms with E-state index in [0.717, 1.165) is 25.2 Å². The molecule has 0 bridgehead atoms. The quantitative estimate of drug-likeness (QED) is 0.0957. The summed E-state index contributed by atoms with van der Waals surface area (Å²) in [4.78, 5) is 10.7. The van der Waals surface area contributed by atoms with Crippen molar-refractivity contribution in [3.8, 4) is 0 Å². The molecule has 1 atom stereocenters. The molecule has 0 radical (unpaired) electrons. The molecule has 0 rings (SSSR count). The molecule has 0 saturated heterocycles. The minimum atomic E-state index is -3.72. The topological polar surface area (TPSA) is 149 Å². The molecular formula is C16H40N3O6P. The van der Waals surface area contributed by atoms with Gasteiger partial charge in [0.05, 0.1) is 26.4 Å². The van der Waals surface area contributed by atoms with Crippen LogP contribution < -0.4 is 11.0 Å². The monoisotopic (exact) mass is 401 g/mol. The number of hydrogen-bond donors (Lipinski definition) is 6. The van der Waals surface area contributed by atoms with Gasteiger partial charge in [-0.2, -0.15) is 5.20 Å². The molecule has 0 aliphatic heterocycles. The number of hydrazine groups is 1. The summed E-state index contributed by atoms with van der Waals surface area (Å²) in [7, 11) is -3.72. The molecule has 7 N–H and O–H groups in total. The Morgan fingerprint density at radius 3 is 1.85 bits per heavy atom. The lowest BCUT2D eigenvalue weighted by Gasteiger charge is -2.17. The minimum Gasteiger partial charge on any atom is -0.395 e. The van der Waals surface area contributed by atoms with E-state index < -0.39 is 7.75 Å². The third-order valence-electron chi connectivity index (χ3n) is 3.60. The highest BCUT2D eigenvalue weighted by Crippen LogP contribution is 2.34. The molecule has 1 unspecified atom stereocenters. The maximum atomic E-state index is 10.9. The highest BCUT2D eigenvalue weighted by molar-refractivity contribution is 7.50. The molecule has 0 aromatic heterocycles. The van der Waals surface area contributed by atoms with Crippen molar-refractivity contribution in [1.82, 2.24) is 10.1 Å². The normalized spacial score (nSPS) is 13.6. The first-order valence-corrected chi connectivity index (χ1v) is 10.9. The van der Waals surface area contributed by atoms with Crippen molar-refractivity contribution in [3.05, 3.63) is 0 Å². The van der Waals surface area contributed by atoms with Gasteiger partial charge in [-0.15, -0.1) is 0 Å². The first-order chi connectivity index (χ1) is 12.3. The van der Waals surface area contributed by atoms with Gasteiger partial charge in [0.1, 0.15) is 0 Å². The Labute approximate surface area is 158 Å². The van der Waals surface area contributed by atoms with Crippen LogP contribution in [0.2, 0.25) is 0 Å². The molecule has 0 aliphatic carbocycles. The van der Waals surface area contributed by atoms with Crippen LogP contribution >= 0.6 is 7.75 Å². The summed E-state index contributed by atoms with van der Waals surface area (Å²) in [6.07, 6.45) is 6.75. The van der Waals surface area contributed by atoms with Crippen molar-refractivity contribution < 1.29 is 29.3 Å². The second-order valence-corrected chi connectivity index (χ2v) is 8.00. The van der Waals surface area contributed by atoms with Gasteiger partial charge in [-0.25, -0.2) is 4.57 Å². The fraction of sp³-hybridized carbons (Fsp3) is 1.00. The van der Waals surface area contributed by atoms with Crippen LogP contribution in [0.5, 0.6) is 0 Å². The summed E-state index contributed by atoms with van der Waals surface area (Å²) in [5.74, 6) is 5.60. The van der Waals surface area contributed by atoms with Crippen molar-refractivity contribution in [1.29, 1.82) is 0 Å². The smallest absolute Gasteiger partial charge is 0.395 e. The highest BCUT2D eigenvalue weighted by Gasteiger charge is 2.15. The lowest BCUT2D eigenvalue weighted by molar-refractivity contribution is 0.136. The summed E-state index contributed by atoms with van der Waals surface area (Å²) in [6, 6.07) is 0. The van der Waals surface area contributed by atoms with Gasteiger partial charge in [0.25, 0.3) is 0 Å². The number of nitrogens with one attached hydrogen (secondary N) is 1. The van der Waals surface area contributed by atoms with Gasteiger partial charge in [0, 0.05) is 19.6 Å². The van der Waals surface area contributed by atoms with E-state index in [1.54, 1.807) is 10.1 Å². The lowest BCUT2D eigenvalue weighted by atomic mass is 10.0. The van der Waals surface area contributed by atoms with E-state index in [2.05, 4.69) is 13.8 Å². The first kappa shape index (κ1) is 28.1. The van der Waals surface area contributed by atoms with E-state index in [-0.39, 0.29) is 26.4 Å². The first-order valence-electron chi connectivity index (χ1n) is 9.33. The molecule has 26 heavy (non-hydrogen) atoms. The molecule has 0 heterocycles. The third-order valence-corrected chi connectivity index (χ3v) is 4.46. The minimum absolute atomic E-state index is 0.0694. The molecule has 9 nitrogen and oxygen atoms in total. The van der Waals surface area contributed by atoms with E-state index >= 15 is 0 Å². The van der Waals surface area contributed by atoms with Crippen molar-refractivity contribution in [2.24, 2.45) is 11.8 Å². The van der Waals surface area contributed by atoms with Crippen LogP contribution in [-0.2, 0) is 9.09 Å². The average molecular weight is 401 g/mol. The Kier molecular flexibility index (Phi) is 21.3. The number of aliphatic hydroxyl groups excluding tert-OH is 3. The Balaban J connectivity index is 0. The van der Waals surface area contributed by atoms with Crippen molar-refractivity contribution >= 4 is 7.75 Å². The van der Waals surface area contributed by atoms with Gasteiger partial charge in [0.15, 0.2) is 0 Å². The van der Waals surface area contributed by atoms with E-state index in [1.165, 1.54) is 19.3 Å². The number of rotatable bonds is 16. The van der Waals surface area contributed by atoms with Crippen LogP contribution in [0.3, 0.4) is 0 Å². The van der Waals surface area contributed by atoms with E-state index in [0.29, 0.717) is 19.6 Å². The number of hydrogen-bond acceptors (Lipinski definition) is 7. The van der Waals surface area contributed by atoms with Crippen molar-refractivity contribution in [3.63, 3.8) is 0 Å². The number of aliphatic hydroxyl groups is 3. The maximum Gasteiger partial charge on any atom is 0.416 e. The zero-order valence-electron chi connectivity index (χ0n) is 16.3.